The lowest BCUT2D eigenvalue weighted by molar-refractivity contribution is 0.0674. The zero-order valence-corrected chi connectivity index (χ0v) is 16.8. The normalized spacial score (nSPS) is 21.8. The molecule has 2 aromatic heterocycles. The fourth-order valence-corrected chi connectivity index (χ4v) is 4.25. The molecule has 1 unspecified atom stereocenters. The van der Waals surface area contributed by atoms with Crippen LogP contribution in [-0.2, 0) is 0 Å². The maximum Gasteiger partial charge on any atom is 0.147 e. The fourth-order valence-electron chi connectivity index (χ4n) is 4.25. The predicted octanol–water partition coefficient (Wildman–Crippen LogP) is 3.00. The Bertz CT molecular complexity index is 1050. The molecule has 0 spiro atoms. The van der Waals surface area contributed by atoms with E-state index in [0.29, 0.717) is 17.9 Å². The van der Waals surface area contributed by atoms with Gasteiger partial charge in [-0.2, -0.15) is 0 Å². The minimum atomic E-state index is -0.277. The van der Waals surface area contributed by atoms with E-state index in [-0.39, 0.29) is 17.4 Å². The quantitative estimate of drug-likeness (QED) is 0.613. The second-order valence-corrected chi connectivity index (χ2v) is 8.54. The first kappa shape index (κ1) is 18.4. The van der Waals surface area contributed by atoms with E-state index in [2.05, 4.69) is 29.4 Å². The second-order valence-electron chi connectivity index (χ2n) is 8.54. The van der Waals surface area contributed by atoms with E-state index in [0.717, 1.165) is 43.2 Å². The summed E-state index contributed by atoms with van der Waals surface area (Å²) in [4.78, 5) is 7.20. The van der Waals surface area contributed by atoms with Gasteiger partial charge in [0.15, 0.2) is 0 Å². The van der Waals surface area contributed by atoms with E-state index >= 15 is 0 Å². The molecule has 0 radical (unpaired) electrons. The van der Waals surface area contributed by atoms with Crippen molar-refractivity contribution in [3.05, 3.63) is 48.5 Å². The van der Waals surface area contributed by atoms with Crippen LogP contribution in [-0.4, -0.2) is 58.7 Å². The Morgan fingerprint density at radius 3 is 2.93 bits per heavy atom. The Balaban J connectivity index is 1.56. The summed E-state index contributed by atoms with van der Waals surface area (Å²) < 4.78 is 22.7. The molecule has 1 saturated heterocycles. The number of piperazine rings is 1. The van der Waals surface area contributed by atoms with Crippen molar-refractivity contribution in [2.75, 3.05) is 38.1 Å². The van der Waals surface area contributed by atoms with Crippen LogP contribution in [0.1, 0.15) is 13.8 Å². The third-order valence-electron chi connectivity index (χ3n) is 5.81. The van der Waals surface area contributed by atoms with Crippen molar-refractivity contribution >= 4 is 11.5 Å². The van der Waals surface area contributed by atoms with Gasteiger partial charge in [0.2, 0.25) is 0 Å². The lowest BCUT2D eigenvalue weighted by Crippen LogP contribution is -2.63. The van der Waals surface area contributed by atoms with Crippen molar-refractivity contribution in [2.45, 2.75) is 25.4 Å². The Labute approximate surface area is 169 Å². The minimum absolute atomic E-state index is 0.0585. The maximum atomic E-state index is 14.7. The highest BCUT2D eigenvalue weighted by Crippen LogP contribution is 2.31. The van der Waals surface area contributed by atoms with Crippen LogP contribution in [0.2, 0.25) is 0 Å². The van der Waals surface area contributed by atoms with Crippen LogP contribution in [0.4, 0.5) is 10.2 Å². The molecule has 0 amide bonds. The van der Waals surface area contributed by atoms with E-state index in [1.54, 1.807) is 12.1 Å². The molecule has 1 atom stereocenters. The van der Waals surface area contributed by atoms with Crippen molar-refractivity contribution in [3.63, 3.8) is 0 Å². The highest BCUT2D eigenvalue weighted by Gasteiger charge is 2.32. The molecule has 3 aromatic rings. The lowest BCUT2D eigenvalue weighted by Gasteiger charge is -2.44. The highest BCUT2D eigenvalue weighted by molar-refractivity contribution is 5.80. The van der Waals surface area contributed by atoms with Gasteiger partial charge in [0, 0.05) is 55.2 Å². The lowest BCUT2D eigenvalue weighted by atomic mass is 9.99. The summed E-state index contributed by atoms with van der Waals surface area (Å²) in [5, 5.41) is 7.04. The van der Waals surface area contributed by atoms with Crippen molar-refractivity contribution in [2.24, 2.45) is 0 Å². The number of hydrogen-bond donors (Lipinski definition) is 2. The van der Waals surface area contributed by atoms with Gasteiger partial charge in [-0.3, -0.25) is 4.90 Å². The number of nitrogens with zero attached hydrogens (tertiary/aromatic N) is 3. The first-order chi connectivity index (χ1) is 14.0. The van der Waals surface area contributed by atoms with Gasteiger partial charge in [-0.1, -0.05) is 0 Å². The molecule has 7 heteroatoms. The van der Waals surface area contributed by atoms with Crippen molar-refractivity contribution < 1.29 is 9.13 Å². The zero-order valence-electron chi connectivity index (χ0n) is 16.8. The summed E-state index contributed by atoms with van der Waals surface area (Å²) in [6.07, 6.45) is 3.86. The fraction of sp³-hybridized carbons (Fsp3) is 0.409. The summed E-state index contributed by atoms with van der Waals surface area (Å²) in [6, 6.07) is 9.06. The van der Waals surface area contributed by atoms with Crippen LogP contribution in [0.25, 0.3) is 16.8 Å². The average Bonchev–Trinajstić information content (AvgIpc) is 3.10. The number of ether oxygens (including phenoxy) is 1. The molecule has 0 aliphatic carbocycles. The molecule has 5 rings (SSSR count). The molecule has 0 saturated carbocycles. The van der Waals surface area contributed by atoms with Gasteiger partial charge in [-0.15, -0.1) is 0 Å². The smallest absolute Gasteiger partial charge is 0.147 e. The first-order valence-electron chi connectivity index (χ1n) is 10.1. The molecule has 152 valence electrons. The van der Waals surface area contributed by atoms with Gasteiger partial charge in [0.1, 0.15) is 29.6 Å². The Morgan fingerprint density at radius 1 is 1.17 bits per heavy atom. The second kappa shape index (κ2) is 7.00. The monoisotopic (exact) mass is 395 g/mol. The van der Waals surface area contributed by atoms with E-state index in [9.17, 15) is 4.39 Å². The van der Waals surface area contributed by atoms with E-state index < -0.39 is 0 Å². The third-order valence-corrected chi connectivity index (χ3v) is 5.81. The molecule has 4 heterocycles. The SMILES string of the molecule is CC1(C)CN2CCNc3ccn4ccc(c4n3)-c3cc(ccc3F)OCC2CN1. The highest BCUT2D eigenvalue weighted by atomic mass is 19.1. The van der Waals surface area contributed by atoms with E-state index in [4.69, 9.17) is 9.72 Å². The molecule has 2 aliphatic rings. The minimum Gasteiger partial charge on any atom is -0.492 e. The van der Waals surface area contributed by atoms with Gasteiger partial charge in [0.25, 0.3) is 0 Å². The topological polar surface area (TPSA) is 53.8 Å². The molecule has 1 aromatic carbocycles. The van der Waals surface area contributed by atoms with Crippen LogP contribution >= 0.6 is 0 Å². The molecule has 2 N–H and O–H groups in total. The van der Waals surface area contributed by atoms with Crippen molar-refractivity contribution in [3.8, 4) is 16.9 Å². The van der Waals surface area contributed by atoms with Crippen LogP contribution in [0.15, 0.2) is 42.7 Å². The maximum absolute atomic E-state index is 14.7. The van der Waals surface area contributed by atoms with E-state index in [1.807, 2.05) is 28.9 Å². The number of fused-ring (bicyclic) bond motifs is 5. The number of nitrogens with one attached hydrogen (secondary N) is 2. The van der Waals surface area contributed by atoms with Gasteiger partial charge in [-0.05, 0) is 44.2 Å². The van der Waals surface area contributed by atoms with Gasteiger partial charge < -0.3 is 19.8 Å². The number of aromatic nitrogens is 2. The number of rotatable bonds is 0. The molecule has 2 aliphatic heterocycles. The number of halogens is 1. The standard InChI is InChI=1S/C22H26FN5O/c1-22(2)14-28-10-7-24-20-6-9-27-8-5-17(21(27)26-20)18-11-16(3-4-19(18)23)29-13-15(28)12-25-22/h3-6,8-9,11,15,25H,7,10,12-14H2,1-2H3,(H,24,26). The van der Waals surface area contributed by atoms with Crippen LogP contribution in [0.3, 0.4) is 0 Å². The summed E-state index contributed by atoms with van der Waals surface area (Å²) in [7, 11) is 0. The number of anilines is 1. The van der Waals surface area contributed by atoms with Crippen molar-refractivity contribution in [1.82, 2.24) is 19.6 Å². The Morgan fingerprint density at radius 2 is 2.03 bits per heavy atom. The largest absolute Gasteiger partial charge is 0.492 e. The average molecular weight is 395 g/mol. The number of benzene rings is 1. The predicted molar refractivity (Wildman–Crippen MR) is 112 cm³/mol. The molecule has 1 fully saturated rings. The molecule has 4 bridgehead atoms. The summed E-state index contributed by atoms with van der Waals surface area (Å²) >= 11 is 0. The Hall–Kier alpha value is -2.64. The molecular weight excluding hydrogens is 369 g/mol. The van der Waals surface area contributed by atoms with Crippen LogP contribution < -0.4 is 15.4 Å². The van der Waals surface area contributed by atoms with Gasteiger partial charge in [0.05, 0.1) is 6.04 Å². The van der Waals surface area contributed by atoms with Gasteiger partial charge in [-0.25, -0.2) is 9.37 Å². The van der Waals surface area contributed by atoms with E-state index in [1.165, 1.54) is 6.07 Å². The third kappa shape index (κ3) is 3.56. The summed E-state index contributed by atoms with van der Waals surface area (Å²) in [6.45, 7) is 8.47. The van der Waals surface area contributed by atoms with Crippen LogP contribution in [0.5, 0.6) is 5.75 Å². The zero-order chi connectivity index (χ0) is 20.0. The Kier molecular flexibility index (Phi) is 4.44. The van der Waals surface area contributed by atoms with Crippen LogP contribution in [0, 0.1) is 5.82 Å². The van der Waals surface area contributed by atoms with Crippen molar-refractivity contribution in [1.29, 1.82) is 0 Å². The molecular formula is C22H26FN5O. The first-order valence-corrected chi connectivity index (χ1v) is 10.1. The molecule has 6 nitrogen and oxygen atoms in total. The summed E-state index contributed by atoms with van der Waals surface area (Å²) in [5.41, 5.74) is 2.05. The number of hydrogen-bond acceptors (Lipinski definition) is 5. The summed E-state index contributed by atoms with van der Waals surface area (Å²) in [5.74, 6) is 1.20. The molecule has 29 heavy (non-hydrogen) atoms. The van der Waals surface area contributed by atoms with Gasteiger partial charge >= 0.3 is 0 Å².